The van der Waals surface area contributed by atoms with Crippen LogP contribution in [0, 0.1) is 11.3 Å². The standard InChI is InChI=1S/C21H17BrN4O3S/c1-2-19-24-21(26-25-19)30-18(20(27)28)10-13-7-8-17(16(22)9-13)29-12-15-6-4-3-5-14(15)11-23/h3-10H,2,12H2,1H3,(H,27,28)(H,24,25,26)/b18-10-. The maximum absolute atomic E-state index is 11.6. The summed E-state index contributed by atoms with van der Waals surface area (Å²) in [5, 5.41) is 25.8. The second kappa shape index (κ2) is 10.1. The minimum absolute atomic E-state index is 0.0974. The smallest absolute Gasteiger partial charge is 0.342 e. The average molecular weight is 485 g/mol. The molecule has 3 aromatic rings. The van der Waals surface area contributed by atoms with E-state index in [2.05, 4.69) is 37.2 Å². The summed E-state index contributed by atoms with van der Waals surface area (Å²) in [7, 11) is 0. The Morgan fingerprint density at radius 1 is 1.37 bits per heavy atom. The quantitative estimate of drug-likeness (QED) is 0.348. The molecule has 7 nitrogen and oxygen atoms in total. The molecule has 0 aliphatic rings. The number of benzene rings is 2. The number of carbonyl (C=O) groups is 1. The first-order chi connectivity index (χ1) is 14.5. The number of carboxylic acids is 1. The van der Waals surface area contributed by atoms with E-state index >= 15 is 0 Å². The highest BCUT2D eigenvalue weighted by atomic mass is 79.9. The van der Waals surface area contributed by atoms with E-state index in [9.17, 15) is 15.2 Å². The summed E-state index contributed by atoms with van der Waals surface area (Å²) in [5.74, 6) is 0.225. The fraction of sp³-hybridized carbons (Fsp3) is 0.143. The Kier molecular flexibility index (Phi) is 7.27. The summed E-state index contributed by atoms with van der Waals surface area (Å²) < 4.78 is 6.49. The summed E-state index contributed by atoms with van der Waals surface area (Å²) >= 11 is 4.44. The molecule has 1 heterocycles. The minimum Gasteiger partial charge on any atom is -0.488 e. The van der Waals surface area contributed by atoms with Crippen LogP contribution in [0.4, 0.5) is 0 Å². The zero-order valence-electron chi connectivity index (χ0n) is 15.9. The summed E-state index contributed by atoms with van der Waals surface area (Å²) in [6, 6.07) is 14.7. The van der Waals surface area contributed by atoms with Crippen molar-refractivity contribution in [2.45, 2.75) is 25.1 Å². The molecular formula is C21H17BrN4O3S. The van der Waals surface area contributed by atoms with E-state index in [4.69, 9.17) is 4.74 Å². The van der Waals surface area contributed by atoms with Crippen molar-refractivity contribution in [2.75, 3.05) is 0 Å². The van der Waals surface area contributed by atoms with Crippen molar-refractivity contribution in [3.8, 4) is 11.8 Å². The first-order valence-electron chi connectivity index (χ1n) is 8.94. The lowest BCUT2D eigenvalue weighted by Crippen LogP contribution is -1.99. The van der Waals surface area contributed by atoms with Crippen molar-refractivity contribution < 1.29 is 14.6 Å². The van der Waals surface area contributed by atoms with Gasteiger partial charge in [0.2, 0.25) is 5.16 Å². The summed E-state index contributed by atoms with van der Waals surface area (Å²) in [5.41, 5.74) is 2.04. The molecule has 2 aromatic carbocycles. The van der Waals surface area contributed by atoms with Gasteiger partial charge >= 0.3 is 5.97 Å². The van der Waals surface area contributed by atoms with E-state index in [1.54, 1.807) is 36.4 Å². The maximum atomic E-state index is 11.6. The van der Waals surface area contributed by atoms with Gasteiger partial charge in [0.25, 0.3) is 0 Å². The summed E-state index contributed by atoms with van der Waals surface area (Å²) in [4.78, 5) is 16.0. The van der Waals surface area contributed by atoms with Crippen molar-refractivity contribution in [3.05, 3.63) is 74.4 Å². The van der Waals surface area contributed by atoms with Gasteiger partial charge in [0.1, 0.15) is 23.1 Å². The fourth-order valence-corrected chi connectivity index (χ4v) is 3.74. The van der Waals surface area contributed by atoms with E-state index in [1.807, 2.05) is 19.1 Å². The molecule has 0 saturated heterocycles. The SMILES string of the molecule is CCc1nc(S/C(=C\c2ccc(OCc3ccccc3C#N)c(Br)c2)C(=O)O)n[nH]1. The van der Waals surface area contributed by atoms with Crippen LogP contribution in [-0.4, -0.2) is 26.3 Å². The molecule has 0 bridgehead atoms. The molecule has 0 aliphatic carbocycles. The van der Waals surface area contributed by atoms with Gasteiger partial charge in [-0.3, -0.25) is 5.10 Å². The number of nitriles is 1. The Labute approximate surface area is 185 Å². The lowest BCUT2D eigenvalue weighted by molar-refractivity contribution is -0.131. The van der Waals surface area contributed by atoms with E-state index < -0.39 is 5.97 Å². The number of halogens is 1. The molecule has 152 valence electrons. The molecule has 2 N–H and O–H groups in total. The van der Waals surface area contributed by atoms with Gasteiger partial charge in [-0.2, -0.15) is 5.26 Å². The van der Waals surface area contributed by atoms with Crippen LogP contribution >= 0.6 is 27.7 Å². The zero-order chi connectivity index (χ0) is 21.5. The Bertz CT molecular complexity index is 1140. The normalized spacial score (nSPS) is 11.2. The highest BCUT2D eigenvalue weighted by molar-refractivity contribution is 9.10. The van der Waals surface area contributed by atoms with Crippen LogP contribution in [0.15, 0.2) is 57.0 Å². The molecule has 3 rings (SSSR count). The predicted molar refractivity (Wildman–Crippen MR) is 117 cm³/mol. The van der Waals surface area contributed by atoms with Gasteiger partial charge in [-0.05, 0) is 57.5 Å². The molecule has 0 atom stereocenters. The predicted octanol–water partition coefficient (Wildman–Crippen LogP) is 4.80. The second-order valence-electron chi connectivity index (χ2n) is 6.08. The number of aryl methyl sites for hydroxylation is 1. The van der Waals surface area contributed by atoms with Crippen LogP contribution in [0.3, 0.4) is 0 Å². The van der Waals surface area contributed by atoms with E-state index in [0.29, 0.717) is 38.8 Å². The number of hydrogen-bond donors (Lipinski definition) is 2. The summed E-state index contributed by atoms with van der Waals surface area (Å²) in [6.45, 7) is 2.18. The molecule has 0 amide bonds. The van der Waals surface area contributed by atoms with Gasteiger partial charge in [-0.1, -0.05) is 31.2 Å². The Hall–Kier alpha value is -3.09. The lowest BCUT2D eigenvalue weighted by Gasteiger charge is -2.10. The largest absolute Gasteiger partial charge is 0.488 e. The van der Waals surface area contributed by atoms with Crippen molar-refractivity contribution in [1.82, 2.24) is 15.2 Å². The van der Waals surface area contributed by atoms with Crippen molar-refractivity contribution in [1.29, 1.82) is 5.26 Å². The zero-order valence-corrected chi connectivity index (χ0v) is 18.3. The van der Waals surface area contributed by atoms with Gasteiger partial charge in [-0.15, -0.1) is 5.10 Å². The number of H-pyrrole nitrogens is 1. The third-order valence-corrected chi connectivity index (χ3v) is 5.53. The highest BCUT2D eigenvalue weighted by Crippen LogP contribution is 2.30. The van der Waals surface area contributed by atoms with Gasteiger partial charge in [-0.25, -0.2) is 9.78 Å². The van der Waals surface area contributed by atoms with Crippen LogP contribution < -0.4 is 4.74 Å². The maximum Gasteiger partial charge on any atom is 0.342 e. The highest BCUT2D eigenvalue weighted by Gasteiger charge is 2.14. The molecule has 9 heteroatoms. The number of aromatic nitrogens is 3. The number of aromatic amines is 1. The number of rotatable bonds is 8. The molecule has 0 spiro atoms. The minimum atomic E-state index is -1.06. The number of nitrogens with zero attached hydrogens (tertiary/aromatic N) is 3. The Balaban J connectivity index is 1.75. The topological polar surface area (TPSA) is 112 Å². The molecule has 0 fully saturated rings. The van der Waals surface area contributed by atoms with Crippen LogP contribution in [-0.2, 0) is 17.8 Å². The second-order valence-corrected chi connectivity index (χ2v) is 7.94. The molecule has 1 aromatic heterocycles. The molecule has 0 aliphatic heterocycles. The molecule has 0 radical (unpaired) electrons. The van der Waals surface area contributed by atoms with Gasteiger partial charge < -0.3 is 9.84 Å². The number of nitrogens with one attached hydrogen (secondary N) is 1. The Morgan fingerprint density at radius 2 is 2.17 bits per heavy atom. The van der Waals surface area contributed by atoms with E-state index in [-0.39, 0.29) is 11.5 Å². The van der Waals surface area contributed by atoms with Gasteiger partial charge in [0.15, 0.2) is 0 Å². The van der Waals surface area contributed by atoms with Gasteiger partial charge in [0, 0.05) is 12.0 Å². The average Bonchev–Trinajstić information content (AvgIpc) is 3.20. The number of carboxylic acid groups (broad SMARTS) is 1. The number of thioether (sulfide) groups is 1. The van der Waals surface area contributed by atoms with Crippen LogP contribution in [0.2, 0.25) is 0 Å². The third kappa shape index (κ3) is 5.49. The van der Waals surface area contributed by atoms with Crippen molar-refractivity contribution >= 4 is 39.7 Å². The van der Waals surface area contributed by atoms with E-state index in [0.717, 1.165) is 17.3 Å². The number of hydrogen-bond acceptors (Lipinski definition) is 6. The molecule has 0 unspecified atom stereocenters. The number of ether oxygens (including phenoxy) is 1. The van der Waals surface area contributed by atoms with Crippen LogP contribution in [0.1, 0.15) is 29.4 Å². The first kappa shape index (κ1) is 21.6. The fourth-order valence-electron chi connectivity index (χ4n) is 2.50. The van der Waals surface area contributed by atoms with Crippen LogP contribution in [0.5, 0.6) is 5.75 Å². The molecular weight excluding hydrogens is 468 g/mol. The number of aliphatic carboxylic acids is 1. The van der Waals surface area contributed by atoms with Crippen molar-refractivity contribution in [2.24, 2.45) is 0 Å². The third-order valence-electron chi connectivity index (χ3n) is 4.03. The summed E-state index contributed by atoms with van der Waals surface area (Å²) in [6.07, 6.45) is 2.24. The van der Waals surface area contributed by atoms with E-state index in [1.165, 1.54) is 0 Å². The molecule has 0 saturated carbocycles. The van der Waals surface area contributed by atoms with Crippen LogP contribution in [0.25, 0.3) is 6.08 Å². The monoisotopic (exact) mass is 484 g/mol. The molecule has 30 heavy (non-hydrogen) atoms. The lowest BCUT2D eigenvalue weighted by atomic mass is 10.1. The van der Waals surface area contributed by atoms with Gasteiger partial charge in [0.05, 0.1) is 16.1 Å². The Morgan fingerprint density at radius 3 is 2.83 bits per heavy atom. The first-order valence-corrected chi connectivity index (χ1v) is 10.6. The van der Waals surface area contributed by atoms with Crippen molar-refractivity contribution in [3.63, 3.8) is 0 Å².